The van der Waals surface area contributed by atoms with Crippen molar-refractivity contribution in [1.29, 1.82) is 0 Å². The number of nitrogens with one attached hydrogen (secondary N) is 2. The van der Waals surface area contributed by atoms with Gasteiger partial charge >= 0.3 is 0 Å². The van der Waals surface area contributed by atoms with Gasteiger partial charge in [0.15, 0.2) is 0 Å². The van der Waals surface area contributed by atoms with Crippen LogP contribution in [0.3, 0.4) is 0 Å². The average molecular weight is 316 g/mol. The Kier molecular flexibility index (Phi) is 6.01. The molecule has 0 saturated heterocycles. The van der Waals surface area contributed by atoms with Crippen molar-refractivity contribution in [3.05, 3.63) is 16.3 Å². The van der Waals surface area contributed by atoms with Gasteiger partial charge in [0.2, 0.25) is 10.0 Å². The van der Waals surface area contributed by atoms with Gasteiger partial charge in [-0.15, -0.1) is 11.3 Å². The molecule has 0 bridgehead atoms. The topological polar surface area (TPSA) is 58.2 Å². The summed E-state index contributed by atoms with van der Waals surface area (Å²) in [6, 6.07) is 1.84. The highest BCUT2D eigenvalue weighted by Crippen LogP contribution is 2.24. The fraction of sp³-hybridized carbons (Fsp3) is 0.714. The Labute approximate surface area is 126 Å². The third kappa shape index (κ3) is 4.28. The van der Waals surface area contributed by atoms with Crippen molar-refractivity contribution in [3.8, 4) is 0 Å². The molecule has 114 valence electrons. The van der Waals surface area contributed by atoms with E-state index in [2.05, 4.69) is 17.0 Å². The summed E-state index contributed by atoms with van der Waals surface area (Å²) < 4.78 is 27.8. The van der Waals surface area contributed by atoms with Gasteiger partial charge in [0.05, 0.1) is 4.90 Å². The van der Waals surface area contributed by atoms with E-state index in [9.17, 15) is 8.42 Å². The molecule has 1 aromatic rings. The molecule has 0 unspecified atom stereocenters. The lowest BCUT2D eigenvalue weighted by molar-refractivity contribution is 0.412. The first-order chi connectivity index (χ1) is 9.63. The molecule has 2 rings (SSSR count). The zero-order valence-corrected chi connectivity index (χ0v) is 13.7. The van der Waals surface area contributed by atoms with Crippen LogP contribution in [-0.2, 0) is 16.6 Å². The smallest absolute Gasteiger partial charge is 0.241 e. The zero-order valence-electron chi connectivity index (χ0n) is 12.0. The molecule has 2 N–H and O–H groups in total. The summed E-state index contributed by atoms with van der Waals surface area (Å²) in [5.74, 6) is 0. The molecule has 1 aliphatic carbocycles. The number of hydrogen-bond acceptors (Lipinski definition) is 4. The van der Waals surface area contributed by atoms with Crippen LogP contribution >= 0.6 is 11.3 Å². The molecule has 1 aromatic heterocycles. The highest BCUT2D eigenvalue weighted by Gasteiger charge is 2.24. The molecule has 0 spiro atoms. The quantitative estimate of drug-likeness (QED) is 0.761. The predicted molar refractivity (Wildman–Crippen MR) is 83.5 cm³/mol. The minimum atomic E-state index is -3.36. The largest absolute Gasteiger partial charge is 0.312 e. The molecule has 0 aliphatic heterocycles. The summed E-state index contributed by atoms with van der Waals surface area (Å²) in [6.07, 6.45) is 6.46. The van der Waals surface area contributed by atoms with Gasteiger partial charge in [-0.1, -0.05) is 26.2 Å². The molecule has 20 heavy (non-hydrogen) atoms. The second-order valence-corrected chi connectivity index (χ2v) is 8.02. The average Bonchev–Trinajstić information content (AvgIpc) is 2.89. The maximum Gasteiger partial charge on any atom is 0.241 e. The van der Waals surface area contributed by atoms with Gasteiger partial charge in [-0.05, 0) is 37.3 Å². The molecule has 1 heterocycles. The van der Waals surface area contributed by atoms with Gasteiger partial charge in [0.1, 0.15) is 0 Å². The molecule has 1 saturated carbocycles. The first-order valence-corrected chi connectivity index (χ1v) is 9.79. The number of thiophene rings is 1. The standard InChI is InChI=1S/C14H24N2O2S2/c1-2-9-15-11-13-14(8-10-19-13)20(17,18)16-12-6-4-3-5-7-12/h8,10,12,15-16H,2-7,9,11H2,1H3. The third-order valence-corrected chi connectivity index (χ3v) is 6.29. The van der Waals surface area contributed by atoms with E-state index in [0.717, 1.165) is 43.5 Å². The second-order valence-electron chi connectivity index (χ2n) is 5.34. The molecule has 1 aliphatic rings. The third-order valence-electron chi connectivity index (χ3n) is 3.63. The van der Waals surface area contributed by atoms with Crippen molar-refractivity contribution >= 4 is 21.4 Å². The van der Waals surface area contributed by atoms with Crippen LogP contribution in [0.5, 0.6) is 0 Å². The highest BCUT2D eigenvalue weighted by atomic mass is 32.2. The summed E-state index contributed by atoms with van der Waals surface area (Å²) in [4.78, 5) is 1.36. The van der Waals surface area contributed by atoms with Crippen LogP contribution in [0.4, 0.5) is 0 Å². The minimum absolute atomic E-state index is 0.116. The number of sulfonamides is 1. The van der Waals surface area contributed by atoms with Crippen LogP contribution in [0, 0.1) is 0 Å². The van der Waals surface area contributed by atoms with Gasteiger partial charge in [-0.3, -0.25) is 0 Å². The van der Waals surface area contributed by atoms with Crippen LogP contribution < -0.4 is 10.0 Å². The van der Waals surface area contributed by atoms with E-state index in [4.69, 9.17) is 0 Å². The van der Waals surface area contributed by atoms with E-state index in [0.29, 0.717) is 11.4 Å². The Morgan fingerprint density at radius 2 is 2.05 bits per heavy atom. The van der Waals surface area contributed by atoms with Crippen molar-refractivity contribution in [2.24, 2.45) is 0 Å². The number of hydrogen-bond donors (Lipinski definition) is 2. The summed E-state index contributed by atoms with van der Waals surface area (Å²) in [6.45, 7) is 3.64. The van der Waals surface area contributed by atoms with E-state index >= 15 is 0 Å². The molecular weight excluding hydrogens is 292 g/mol. The molecular formula is C14H24N2O2S2. The van der Waals surface area contributed by atoms with Gasteiger partial charge in [-0.25, -0.2) is 13.1 Å². The van der Waals surface area contributed by atoms with Crippen molar-refractivity contribution < 1.29 is 8.42 Å². The van der Waals surface area contributed by atoms with Crippen LogP contribution in [0.2, 0.25) is 0 Å². The van der Waals surface area contributed by atoms with E-state index < -0.39 is 10.0 Å². The zero-order chi connectivity index (χ0) is 14.4. The Morgan fingerprint density at radius 3 is 2.75 bits per heavy atom. The lowest BCUT2D eigenvalue weighted by atomic mass is 9.96. The van der Waals surface area contributed by atoms with E-state index in [-0.39, 0.29) is 6.04 Å². The van der Waals surface area contributed by atoms with Gasteiger partial charge in [0, 0.05) is 17.5 Å². The van der Waals surface area contributed by atoms with Gasteiger partial charge in [-0.2, -0.15) is 0 Å². The molecule has 0 aromatic carbocycles. The molecule has 0 amide bonds. The maximum atomic E-state index is 12.5. The number of rotatable bonds is 7. The summed E-state index contributed by atoms with van der Waals surface area (Å²) >= 11 is 1.51. The lowest BCUT2D eigenvalue weighted by Gasteiger charge is -2.22. The minimum Gasteiger partial charge on any atom is -0.312 e. The van der Waals surface area contributed by atoms with Crippen molar-refractivity contribution in [1.82, 2.24) is 10.0 Å². The molecule has 6 heteroatoms. The maximum absolute atomic E-state index is 12.5. The van der Waals surface area contributed by atoms with Crippen molar-refractivity contribution in [2.45, 2.75) is 62.9 Å². The van der Waals surface area contributed by atoms with E-state index in [1.165, 1.54) is 17.8 Å². The highest BCUT2D eigenvalue weighted by molar-refractivity contribution is 7.89. The Hall–Kier alpha value is -0.430. The first kappa shape index (κ1) is 15.9. The van der Waals surface area contributed by atoms with Gasteiger partial charge < -0.3 is 5.32 Å². The van der Waals surface area contributed by atoms with E-state index in [1.807, 2.05) is 5.38 Å². The lowest BCUT2D eigenvalue weighted by Crippen LogP contribution is -2.36. The van der Waals surface area contributed by atoms with Crippen molar-refractivity contribution in [3.63, 3.8) is 0 Å². The van der Waals surface area contributed by atoms with Crippen LogP contribution in [-0.4, -0.2) is 21.0 Å². The second kappa shape index (κ2) is 7.54. The van der Waals surface area contributed by atoms with Crippen LogP contribution in [0.15, 0.2) is 16.3 Å². The SMILES string of the molecule is CCCNCc1sccc1S(=O)(=O)NC1CCCCC1. The molecule has 0 atom stereocenters. The van der Waals surface area contributed by atoms with Gasteiger partial charge in [0.25, 0.3) is 0 Å². The van der Waals surface area contributed by atoms with Crippen LogP contribution in [0.25, 0.3) is 0 Å². The summed E-state index contributed by atoms with van der Waals surface area (Å²) in [5.41, 5.74) is 0. The van der Waals surface area contributed by atoms with E-state index in [1.54, 1.807) is 6.07 Å². The molecule has 0 radical (unpaired) electrons. The first-order valence-electron chi connectivity index (χ1n) is 7.43. The molecule has 1 fully saturated rings. The summed E-state index contributed by atoms with van der Waals surface area (Å²) in [7, 11) is -3.36. The van der Waals surface area contributed by atoms with Crippen molar-refractivity contribution in [2.75, 3.05) is 6.54 Å². The Morgan fingerprint density at radius 1 is 1.30 bits per heavy atom. The van der Waals surface area contributed by atoms with Crippen LogP contribution in [0.1, 0.15) is 50.3 Å². The Bertz CT molecular complexity index is 505. The summed E-state index contributed by atoms with van der Waals surface area (Å²) in [5, 5.41) is 5.13. The normalized spacial score (nSPS) is 17.4. The Balaban J connectivity index is 2.03. The predicted octanol–water partition coefficient (Wildman–Crippen LogP) is 2.86. The fourth-order valence-electron chi connectivity index (χ4n) is 2.58. The molecule has 4 nitrogen and oxygen atoms in total. The fourth-order valence-corrected chi connectivity index (χ4v) is 5.30. The monoisotopic (exact) mass is 316 g/mol.